The third kappa shape index (κ3) is 2.60. The molecule has 0 radical (unpaired) electrons. The van der Waals surface area contributed by atoms with Crippen LogP contribution in [0.3, 0.4) is 0 Å². The number of rotatable bonds is 3. The van der Waals surface area contributed by atoms with Gasteiger partial charge in [0.05, 0.1) is 24.9 Å². The largest absolute Gasteiger partial charge is 0.378 e. The first-order valence-electron chi connectivity index (χ1n) is 7.39. The van der Waals surface area contributed by atoms with Crippen molar-refractivity contribution in [1.82, 2.24) is 14.6 Å². The minimum absolute atomic E-state index is 0.586. The summed E-state index contributed by atoms with van der Waals surface area (Å²) in [6, 6.07) is 12.2. The molecule has 4 rings (SSSR count). The summed E-state index contributed by atoms with van der Waals surface area (Å²) in [5.41, 5.74) is 3.15. The molecule has 1 N–H and O–H groups in total. The number of hydrogen-bond acceptors (Lipinski definition) is 5. The van der Waals surface area contributed by atoms with Gasteiger partial charge in [0.25, 0.3) is 0 Å². The van der Waals surface area contributed by atoms with E-state index in [1.165, 1.54) is 5.69 Å². The van der Waals surface area contributed by atoms with Gasteiger partial charge in [0.1, 0.15) is 0 Å². The molecule has 6 heteroatoms. The summed E-state index contributed by atoms with van der Waals surface area (Å²) >= 11 is 0. The molecule has 0 atom stereocenters. The van der Waals surface area contributed by atoms with Gasteiger partial charge in [-0.15, -0.1) is 5.10 Å². The average Bonchev–Trinajstić information content (AvgIpc) is 3.04. The molecule has 0 unspecified atom stereocenters. The van der Waals surface area contributed by atoms with Crippen molar-refractivity contribution in [3.8, 4) is 0 Å². The average molecular weight is 295 g/mol. The Kier molecular flexibility index (Phi) is 3.36. The maximum Gasteiger partial charge on any atom is 0.245 e. The fourth-order valence-corrected chi connectivity index (χ4v) is 2.62. The molecule has 0 bridgehead atoms. The minimum atomic E-state index is 0.586. The Labute approximate surface area is 128 Å². The van der Waals surface area contributed by atoms with Crippen molar-refractivity contribution in [3.63, 3.8) is 0 Å². The van der Waals surface area contributed by atoms with E-state index in [4.69, 9.17) is 4.74 Å². The predicted octanol–water partition coefficient (Wildman–Crippen LogP) is 2.31. The molecule has 2 aromatic heterocycles. The zero-order valence-electron chi connectivity index (χ0n) is 12.1. The molecule has 1 aromatic carbocycles. The number of anilines is 3. The Balaban J connectivity index is 1.56. The van der Waals surface area contributed by atoms with Crippen LogP contribution in [0.5, 0.6) is 0 Å². The monoisotopic (exact) mass is 295 g/mol. The number of ether oxygens (including phenoxy) is 1. The highest BCUT2D eigenvalue weighted by atomic mass is 16.5. The van der Waals surface area contributed by atoms with Gasteiger partial charge in [-0.25, -0.2) is 9.50 Å². The van der Waals surface area contributed by atoms with Crippen LogP contribution in [0.2, 0.25) is 0 Å². The third-order valence-corrected chi connectivity index (χ3v) is 3.76. The lowest BCUT2D eigenvalue weighted by Gasteiger charge is -2.29. The van der Waals surface area contributed by atoms with Crippen molar-refractivity contribution >= 4 is 22.8 Å². The first-order chi connectivity index (χ1) is 10.9. The van der Waals surface area contributed by atoms with Crippen molar-refractivity contribution < 1.29 is 4.74 Å². The van der Waals surface area contributed by atoms with Crippen molar-refractivity contribution in [2.45, 2.75) is 0 Å². The minimum Gasteiger partial charge on any atom is -0.378 e. The fraction of sp³-hybridized carbons (Fsp3) is 0.250. The Morgan fingerprint density at radius 2 is 2.00 bits per heavy atom. The molecule has 1 aliphatic heterocycles. The van der Waals surface area contributed by atoms with E-state index in [9.17, 15) is 0 Å². The van der Waals surface area contributed by atoms with Gasteiger partial charge in [0.15, 0.2) is 0 Å². The Morgan fingerprint density at radius 1 is 1.09 bits per heavy atom. The second kappa shape index (κ2) is 5.65. The Hall–Kier alpha value is -2.60. The standard InChI is InChI=1S/C16H17N5O/c1-3-13(11-14(4-1)20-7-9-22-10-8-20)18-16-17-12-15-5-2-6-21(15)19-16/h1-6,11-12H,7-10H2,(H,18,19). The molecule has 1 aliphatic rings. The second-order valence-electron chi connectivity index (χ2n) is 5.23. The highest BCUT2D eigenvalue weighted by Gasteiger charge is 2.11. The Morgan fingerprint density at radius 3 is 2.91 bits per heavy atom. The highest BCUT2D eigenvalue weighted by molar-refractivity contribution is 5.62. The van der Waals surface area contributed by atoms with Gasteiger partial charge in [-0.3, -0.25) is 0 Å². The quantitative estimate of drug-likeness (QED) is 0.803. The maximum absolute atomic E-state index is 5.40. The van der Waals surface area contributed by atoms with E-state index in [1.807, 2.05) is 30.5 Å². The molecule has 3 heterocycles. The van der Waals surface area contributed by atoms with E-state index < -0.39 is 0 Å². The molecule has 0 amide bonds. The normalized spacial score (nSPS) is 15.2. The van der Waals surface area contributed by atoms with Crippen LogP contribution < -0.4 is 10.2 Å². The lowest BCUT2D eigenvalue weighted by atomic mass is 10.2. The molecule has 1 saturated heterocycles. The molecular weight excluding hydrogens is 278 g/mol. The molecule has 6 nitrogen and oxygen atoms in total. The molecule has 3 aromatic rings. The van der Waals surface area contributed by atoms with Crippen LogP contribution in [0.1, 0.15) is 0 Å². The predicted molar refractivity (Wildman–Crippen MR) is 85.7 cm³/mol. The molecular formula is C16H17N5O. The van der Waals surface area contributed by atoms with E-state index in [0.717, 1.165) is 37.5 Å². The summed E-state index contributed by atoms with van der Waals surface area (Å²) in [5, 5.41) is 7.70. The molecule has 1 fully saturated rings. The number of aromatic nitrogens is 3. The van der Waals surface area contributed by atoms with Crippen LogP contribution in [0.25, 0.3) is 5.52 Å². The molecule has 22 heavy (non-hydrogen) atoms. The Bertz CT molecular complexity index is 779. The first kappa shape index (κ1) is 13.1. The van der Waals surface area contributed by atoms with Crippen LogP contribution in [-0.2, 0) is 4.74 Å². The lowest BCUT2D eigenvalue weighted by molar-refractivity contribution is 0.122. The van der Waals surface area contributed by atoms with Crippen LogP contribution in [0, 0.1) is 0 Å². The number of nitrogens with one attached hydrogen (secondary N) is 1. The third-order valence-electron chi connectivity index (χ3n) is 3.76. The van der Waals surface area contributed by atoms with E-state index in [1.54, 1.807) is 10.7 Å². The van der Waals surface area contributed by atoms with Crippen molar-refractivity contribution in [1.29, 1.82) is 0 Å². The van der Waals surface area contributed by atoms with Crippen molar-refractivity contribution in [2.24, 2.45) is 0 Å². The van der Waals surface area contributed by atoms with Gasteiger partial charge in [0, 0.05) is 30.7 Å². The molecule has 0 saturated carbocycles. The summed E-state index contributed by atoms with van der Waals surface area (Å²) in [5.74, 6) is 0.586. The zero-order valence-corrected chi connectivity index (χ0v) is 12.1. The SMILES string of the molecule is c1cc(Nc2ncc3cccn3n2)cc(N2CCOCC2)c1. The van der Waals surface area contributed by atoms with E-state index >= 15 is 0 Å². The van der Waals surface area contributed by atoms with Crippen LogP contribution in [0.4, 0.5) is 17.3 Å². The number of hydrogen-bond donors (Lipinski definition) is 1. The summed E-state index contributed by atoms with van der Waals surface area (Å²) in [6.07, 6.45) is 3.72. The summed E-state index contributed by atoms with van der Waals surface area (Å²) < 4.78 is 7.21. The number of fused-ring (bicyclic) bond motifs is 1. The number of morpholine rings is 1. The van der Waals surface area contributed by atoms with Gasteiger partial charge in [-0.1, -0.05) is 6.07 Å². The van der Waals surface area contributed by atoms with Gasteiger partial charge < -0.3 is 15.0 Å². The van der Waals surface area contributed by atoms with Crippen LogP contribution >= 0.6 is 0 Å². The van der Waals surface area contributed by atoms with E-state index in [-0.39, 0.29) is 0 Å². The van der Waals surface area contributed by atoms with Gasteiger partial charge in [-0.05, 0) is 30.3 Å². The molecule has 0 aliphatic carbocycles. The highest BCUT2D eigenvalue weighted by Crippen LogP contribution is 2.22. The van der Waals surface area contributed by atoms with Crippen LogP contribution in [0.15, 0.2) is 48.8 Å². The first-order valence-corrected chi connectivity index (χ1v) is 7.39. The van der Waals surface area contributed by atoms with E-state index in [2.05, 4.69) is 32.4 Å². The van der Waals surface area contributed by atoms with Gasteiger partial charge in [0.2, 0.25) is 5.95 Å². The summed E-state index contributed by atoms with van der Waals surface area (Å²) in [4.78, 5) is 6.66. The maximum atomic E-state index is 5.40. The summed E-state index contributed by atoms with van der Waals surface area (Å²) in [6.45, 7) is 3.42. The lowest BCUT2D eigenvalue weighted by Crippen LogP contribution is -2.36. The number of benzene rings is 1. The topological polar surface area (TPSA) is 54.7 Å². The molecule has 112 valence electrons. The van der Waals surface area contributed by atoms with Crippen LogP contribution in [-0.4, -0.2) is 40.9 Å². The second-order valence-corrected chi connectivity index (χ2v) is 5.23. The summed E-state index contributed by atoms with van der Waals surface area (Å²) in [7, 11) is 0. The zero-order chi connectivity index (χ0) is 14.8. The smallest absolute Gasteiger partial charge is 0.245 e. The van der Waals surface area contributed by atoms with Gasteiger partial charge >= 0.3 is 0 Å². The van der Waals surface area contributed by atoms with Crippen molar-refractivity contribution in [3.05, 3.63) is 48.8 Å². The molecule has 0 spiro atoms. The number of nitrogens with zero attached hydrogens (tertiary/aromatic N) is 4. The fourth-order valence-electron chi connectivity index (χ4n) is 2.62. The van der Waals surface area contributed by atoms with Crippen molar-refractivity contribution in [2.75, 3.05) is 36.5 Å². The van der Waals surface area contributed by atoms with Gasteiger partial charge in [-0.2, -0.15) is 0 Å². The van der Waals surface area contributed by atoms with E-state index in [0.29, 0.717) is 5.95 Å².